The summed E-state index contributed by atoms with van der Waals surface area (Å²) in [4.78, 5) is 23.0. The zero-order valence-electron chi connectivity index (χ0n) is 10.3. The lowest BCUT2D eigenvalue weighted by Gasteiger charge is -2.07. The normalized spacial score (nSPS) is 10.2. The average Bonchev–Trinajstić information content (AvgIpc) is 2.41. The fraction of sp³-hybridized carbons (Fsp3) is 0.143. The van der Waals surface area contributed by atoms with Crippen molar-refractivity contribution in [1.82, 2.24) is 4.57 Å². The predicted molar refractivity (Wildman–Crippen MR) is 73.0 cm³/mol. The van der Waals surface area contributed by atoms with Crippen molar-refractivity contribution in [3.8, 4) is 5.75 Å². The largest absolute Gasteiger partial charge is 0.495 e. The number of hydrogen-bond acceptors (Lipinski definition) is 3. The van der Waals surface area contributed by atoms with E-state index in [9.17, 15) is 9.59 Å². The van der Waals surface area contributed by atoms with Gasteiger partial charge in [-0.2, -0.15) is 0 Å². The highest BCUT2D eigenvalue weighted by Gasteiger charge is 2.09. The molecule has 0 saturated carbocycles. The highest BCUT2D eigenvalue weighted by molar-refractivity contribution is 6.32. The molecule has 0 saturated heterocycles. The number of hydrogen-bond donors (Lipinski definition) is 0. The Morgan fingerprint density at radius 3 is 2.53 bits per heavy atom. The van der Waals surface area contributed by atoms with Gasteiger partial charge in [-0.25, -0.2) is 0 Å². The third-order valence-electron chi connectivity index (χ3n) is 2.66. The van der Waals surface area contributed by atoms with Crippen LogP contribution in [0.5, 0.6) is 5.75 Å². The fourth-order valence-corrected chi connectivity index (χ4v) is 1.90. The summed E-state index contributed by atoms with van der Waals surface area (Å²) in [7, 11) is 1.52. The molecule has 2 aromatic rings. The van der Waals surface area contributed by atoms with Crippen molar-refractivity contribution in [2.45, 2.75) is 6.54 Å². The van der Waals surface area contributed by atoms with Gasteiger partial charge in [-0.3, -0.25) is 9.59 Å². The van der Waals surface area contributed by atoms with Crippen LogP contribution in [-0.4, -0.2) is 17.5 Å². The molecule has 0 aliphatic carbocycles. The third-order valence-corrected chi connectivity index (χ3v) is 2.96. The maximum atomic E-state index is 12.1. The summed E-state index contributed by atoms with van der Waals surface area (Å²) < 4.78 is 6.67. The Kier molecular flexibility index (Phi) is 4.02. The SMILES string of the molecule is COc1ccc(C(=O)Cn2ccc(=O)cc2)cc1Cl. The maximum absolute atomic E-state index is 12.1. The van der Waals surface area contributed by atoms with Crippen molar-refractivity contribution in [3.05, 3.63) is 63.5 Å². The van der Waals surface area contributed by atoms with E-state index < -0.39 is 0 Å². The molecule has 2 rings (SSSR count). The Bertz CT molecular complexity index is 643. The first-order valence-corrected chi connectivity index (χ1v) is 6.01. The summed E-state index contributed by atoms with van der Waals surface area (Å²) >= 11 is 5.97. The monoisotopic (exact) mass is 277 g/mol. The summed E-state index contributed by atoms with van der Waals surface area (Å²) in [6, 6.07) is 7.71. The standard InChI is InChI=1S/C14H12ClNO3/c1-19-14-3-2-10(8-12(14)15)13(18)9-16-6-4-11(17)5-7-16/h2-8H,9H2,1H3. The molecule has 0 bridgehead atoms. The van der Waals surface area contributed by atoms with Crippen LogP contribution in [0.2, 0.25) is 5.02 Å². The van der Waals surface area contributed by atoms with Gasteiger partial charge in [0.1, 0.15) is 5.75 Å². The van der Waals surface area contributed by atoms with Crippen molar-refractivity contribution < 1.29 is 9.53 Å². The maximum Gasteiger partial charge on any atom is 0.182 e. The van der Waals surface area contributed by atoms with Crippen LogP contribution in [0.25, 0.3) is 0 Å². The second kappa shape index (κ2) is 5.71. The van der Waals surface area contributed by atoms with Crippen molar-refractivity contribution in [2.75, 3.05) is 7.11 Å². The second-order valence-corrected chi connectivity index (χ2v) is 4.39. The molecular formula is C14H12ClNO3. The molecule has 19 heavy (non-hydrogen) atoms. The zero-order valence-corrected chi connectivity index (χ0v) is 11.1. The van der Waals surface area contributed by atoms with E-state index >= 15 is 0 Å². The Morgan fingerprint density at radius 2 is 1.95 bits per heavy atom. The molecule has 1 aromatic carbocycles. The number of carbonyl (C=O) groups is 1. The number of nitrogens with zero attached hydrogens (tertiary/aromatic N) is 1. The van der Waals surface area contributed by atoms with E-state index in [1.165, 1.54) is 19.2 Å². The first-order chi connectivity index (χ1) is 9.10. The molecule has 0 fully saturated rings. The van der Waals surface area contributed by atoms with Crippen molar-refractivity contribution in [1.29, 1.82) is 0 Å². The summed E-state index contributed by atoms with van der Waals surface area (Å²) in [6.07, 6.45) is 3.15. The fourth-order valence-electron chi connectivity index (χ4n) is 1.65. The number of carbonyl (C=O) groups excluding carboxylic acids is 1. The molecule has 0 aliphatic rings. The van der Waals surface area contributed by atoms with Crippen LogP contribution in [0.4, 0.5) is 0 Å². The highest BCUT2D eigenvalue weighted by atomic mass is 35.5. The molecule has 0 unspecified atom stereocenters. The van der Waals surface area contributed by atoms with Crippen molar-refractivity contribution in [2.24, 2.45) is 0 Å². The van der Waals surface area contributed by atoms with Crippen LogP contribution < -0.4 is 10.2 Å². The summed E-state index contributed by atoms with van der Waals surface area (Å²) in [5.74, 6) is 0.440. The van der Waals surface area contributed by atoms with Gasteiger partial charge in [0.05, 0.1) is 18.7 Å². The van der Waals surface area contributed by atoms with E-state index in [1.54, 1.807) is 35.2 Å². The molecule has 1 aromatic heterocycles. The number of ketones is 1. The summed E-state index contributed by atoms with van der Waals surface area (Å²) in [5, 5.41) is 0.397. The Morgan fingerprint density at radius 1 is 1.26 bits per heavy atom. The summed E-state index contributed by atoms with van der Waals surface area (Å²) in [6.45, 7) is 0.156. The topological polar surface area (TPSA) is 48.3 Å². The van der Waals surface area contributed by atoms with Crippen molar-refractivity contribution in [3.63, 3.8) is 0 Å². The number of rotatable bonds is 4. The minimum Gasteiger partial charge on any atom is -0.495 e. The number of pyridine rings is 1. The number of benzene rings is 1. The lowest BCUT2D eigenvalue weighted by molar-refractivity contribution is 0.0972. The molecule has 0 spiro atoms. The van der Waals surface area contributed by atoms with Crippen LogP contribution in [-0.2, 0) is 6.54 Å². The van der Waals surface area contributed by atoms with Crippen LogP contribution in [0.1, 0.15) is 10.4 Å². The molecule has 1 heterocycles. The molecular weight excluding hydrogens is 266 g/mol. The van der Waals surface area contributed by atoms with Crippen molar-refractivity contribution >= 4 is 17.4 Å². The predicted octanol–water partition coefficient (Wildman–Crippen LogP) is 2.39. The van der Waals surface area contributed by atoms with Crippen LogP contribution in [0.15, 0.2) is 47.5 Å². The quantitative estimate of drug-likeness (QED) is 0.806. The molecule has 0 N–H and O–H groups in total. The number of halogens is 1. The zero-order chi connectivity index (χ0) is 13.8. The van der Waals surface area contributed by atoms with Crippen LogP contribution in [0, 0.1) is 0 Å². The number of ether oxygens (including phenoxy) is 1. The van der Waals surface area contributed by atoms with Gasteiger partial charge in [-0.15, -0.1) is 0 Å². The van der Waals surface area contributed by atoms with Crippen LogP contribution in [0.3, 0.4) is 0 Å². The third kappa shape index (κ3) is 3.23. The Balaban J connectivity index is 2.18. The van der Waals surface area contributed by atoms with E-state index in [0.29, 0.717) is 16.3 Å². The lowest BCUT2D eigenvalue weighted by Crippen LogP contribution is -2.12. The minimum absolute atomic E-state index is 0.0869. The molecule has 4 nitrogen and oxygen atoms in total. The number of methoxy groups -OCH3 is 1. The van der Waals surface area contributed by atoms with E-state index in [0.717, 1.165) is 0 Å². The average molecular weight is 278 g/mol. The van der Waals surface area contributed by atoms with E-state index in [4.69, 9.17) is 16.3 Å². The van der Waals surface area contributed by atoms with Gasteiger partial charge >= 0.3 is 0 Å². The smallest absolute Gasteiger partial charge is 0.182 e. The van der Waals surface area contributed by atoms with Gasteiger partial charge in [0, 0.05) is 30.1 Å². The van der Waals surface area contributed by atoms with Gasteiger partial charge in [-0.05, 0) is 18.2 Å². The van der Waals surface area contributed by atoms with Crippen LogP contribution >= 0.6 is 11.6 Å². The summed E-state index contributed by atoms with van der Waals surface area (Å²) in [5.41, 5.74) is 0.417. The minimum atomic E-state index is -0.0896. The lowest BCUT2D eigenvalue weighted by atomic mass is 10.1. The molecule has 0 radical (unpaired) electrons. The van der Waals surface area contributed by atoms with Gasteiger partial charge in [0.25, 0.3) is 0 Å². The molecule has 98 valence electrons. The molecule has 5 heteroatoms. The van der Waals surface area contributed by atoms with Gasteiger partial charge in [0.2, 0.25) is 0 Å². The van der Waals surface area contributed by atoms with Gasteiger partial charge < -0.3 is 9.30 Å². The first-order valence-electron chi connectivity index (χ1n) is 5.63. The molecule has 0 aliphatic heterocycles. The number of aromatic nitrogens is 1. The van der Waals surface area contributed by atoms with Gasteiger partial charge in [0.15, 0.2) is 11.2 Å². The second-order valence-electron chi connectivity index (χ2n) is 3.98. The highest BCUT2D eigenvalue weighted by Crippen LogP contribution is 2.25. The van der Waals surface area contributed by atoms with Gasteiger partial charge in [-0.1, -0.05) is 11.6 Å². The van der Waals surface area contributed by atoms with E-state index in [2.05, 4.69) is 0 Å². The van der Waals surface area contributed by atoms with E-state index in [1.807, 2.05) is 0 Å². The Labute approximate surface area is 115 Å². The Hall–Kier alpha value is -2.07. The van der Waals surface area contributed by atoms with E-state index in [-0.39, 0.29) is 17.8 Å². The number of Topliss-reactive ketones (excluding diaryl/α,β-unsaturated/α-hetero) is 1. The molecule has 0 amide bonds. The molecule has 0 atom stereocenters. The first kappa shape index (κ1) is 13.4.